The molecule has 0 saturated heterocycles. The third-order valence-corrected chi connectivity index (χ3v) is 9.06. The SMILES string of the molecule is CC(=O)N[C@@H](C(=O)N[C@H](CC#C[Si](C)(C)C(C)(C)C)C(=O)O)C(C)C. The van der Waals surface area contributed by atoms with E-state index in [4.69, 9.17) is 0 Å². The van der Waals surface area contributed by atoms with Crippen LogP contribution in [0.15, 0.2) is 0 Å². The van der Waals surface area contributed by atoms with Gasteiger partial charge in [0, 0.05) is 13.3 Å². The summed E-state index contributed by atoms with van der Waals surface area (Å²) in [5.41, 5.74) is 3.25. The second-order valence-electron chi connectivity index (χ2n) is 8.20. The summed E-state index contributed by atoms with van der Waals surface area (Å²) in [5, 5.41) is 14.5. The number of carboxylic acids is 1. The number of hydrogen-bond donors (Lipinski definition) is 3. The molecule has 6 nitrogen and oxygen atoms in total. The van der Waals surface area contributed by atoms with E-state index in [1.165, 1.54) is 6.92 Å². The fourth-order valence-corrected chi connectivity index (χ4v) is 2.70. The number of carbonyl (C=O) groups is 3. The van der Waals surface area contributed by atoms with E-state index in [1.807, 2.05) is 0 Å². The maximum Gasteiger partial charge on any atom is 0.327 e. The summed E-state index contributed by atoms with van der Waals surface area (Å²) < 4.78 is 0. The molecule has 0 aliphatic carbocycles. The predicted octanol–water partition coefficient (Wildman–Crippen LogP) is 2.16. The van der Waals surface area contributed by atoms with Crippen LogP contribution in [0.5, 0.6) is 0 Å². The lowest BCUT2D eigenvalue weighted by Gasteiger charge is -2.31. The van der Waals surface area contributed by atoms with Crippen molar-refractivity contribution in [1.29, 1.82) is 0 Å². The van der Waals surface area contributed by atoms with Crippen molar-refractivity contribution in [2.75, 3.05) is 0 Å². The molecule has 0 saturated carbocycles. The second-order valence-corrected chi connectivity index (χ2v) is 13.2. The summed E-state index contributed by atoms with van der Waals surface area (Å²) in [5.74, 6) is 0.823. The van der Waals surface area contributed by atoms with E-state index in [9.17, 15) is 19.5 Å². The molecule has 0 aromatic rings. The Hall–Kier alpha value is -1.81. The molecular formula is C18H32N2O4Si. The van der Waals surface area contributed by atoms with Crippen LogP contribution in [-0.2, 0) is 14.4 Å². The molecule has 25 heavy (non-hydrogen) atoms. The fraction of sp³-hybridized carbons (Fsp3) is 0.722. The van der Waals surface area contributed by atoms with E-state index in [0.717, 1.165) is 0 Å². The maximum atomic E-state index is 12.3. The summed E-state index contributed by atoms with van der Waals surface area (Å²) in [6.07, 6.45) is 0.0401. The van der Waals surface area contributed by atoms with Gasteiger partial charge in [-0.3, -0.25) is 9.59 Å². The molecular weight excluding hydrogens is 336 g/mol. The van der Waals surface area contributed by atoms with Crippen molar-refractivity contribution in [3.05, 3.63) is 0 Å². The third-order valence-electron chi connectivity index (χ3n) is 4.50. The molecule has 0 spiro atoms. The average Bonchev–Trinajstić information content (AvgIpc) is 2.41. The predicted molar refractivity (Wildman–Crippen MR) is 102 cm³/mol. The smallest absolute Gasteiger partial charge is 0.327 e. The molecule has 0 heterocycles. The number of hydrogen-bond acceptors (Lipinski definition) is 3. The number of nitrogens with one attached hydrogen (secondary N) is 2. The lowest BCUT2D eigenvalue weighted by Crippen LogP contribution is -2.53. The summed E-state index contributed by atoms with van der Waals surface area (Å²) in [7, 11) is -1.83. The van der Waals surface area contributed by atoms with E-state index >= 15 is 0 Å². The summed E-state index contributed by atoms with van der Waals surface area (Å²) >= 11 is 0. The molecule has 0 unspecified atom stereocenters. The van der Waals surface area contributed by atoms with Gasteiger partial charge >= 0.3 is 5.97 Å². The quantitative estimate of drug-likeness (QED) is 0.494. The van der Waals surface area contributed by atoms with Crippen molar-refractivity contribution in [2.24, 2.45) is 5.92 Å². The first-order valence-electron chi connectivity index (χ1n) is 8.49. The molecule has 142 valence electrons. The van der Waals surface area contributed by atoms with Gasteiger partial charge in [0.1, 0.15) is 20.2 Å². The highest BCUT2D eigenvalue weighted by Gasteiger charge is 2.34. The molecule has 2 atom stereocenters. The minimum Gasteiger partial charge on any atom is -0.480 e. The van der Waals surface area contributed by atoms with Crippen LogP contribution in [-0.4, -0.2) is 43.0 Å². The number of amides is 2. The minimum absolute atomic E-state index is 0.0401. The molecule has 0 radical (unpaired) electrons. The Labute approximate surface area is 152 Å². The Morgan fingerprint density at radius 2 is 1.64 bits per heavy atom. The summed E-state index contributed by atoms with van der Waals surface area (Å²) in [6.45, 7) is 15.6. The van der Waals surface area contributed by atoms with Crippen molar-refractivity contribution < 1.29 is 19.5 Å². The zero-order valence-corrected chi connectivity index (χ0v) is 17.6. The first kappa shape index (κ1) is 23.2. The first-order chi connectivity index (χ1) is 11.2. The zero-order valence-electron chi connectivity index (χ0n) is 16.6. The Morgan fingerprint density at radius 3 is 2.00 bits per heavy atom. The van der Waals surface area contributed by atoms with Crippen molar-refractivity contribution in [3.63, 3.8) is 0 Å². The van der Waals surface area contributed by atoms with E-state index in [-0.39, 0.29) is 23.3 Å². The number of aliphatic carboxylic acids is 1. The molecule has 3 N–H and O–H groups in total. The first-order valence-corrected chi connectivity index (χ1v) is 11.5. The highest BCUT2D eigenvalue weighted by atomic mass is 28.3. The highest BCUT2D eigenvalue weighted by molar-refractivity contribution is 6.87. The third kappa shape index (κ3) is 7.74. The Bertz CT molecular complexity index is 568. The minimum atomic E-state index is -1.83. The van der Waals surface area contributed by atoms with Crippen molar-refractivity contribution in [2.45, 2.75) is 78.2 Å². The van der Waals surface area contributed by atoms with Crippen LogP contribution in [0.3, 0.4) is 0 Å². The van der Waals surface area contributed by atoms with Gasteiger partial charge in [-0.2, -0.15) is 0 Å². The van der Waals surface area contributed by atoms with Gasteiger partial charge in [-0.25, -0.2) is 4.79 Å². The molecule has 0 aliphatic rings. The molecule has 0 rings (SSSR count). The topological polar surface area (TPSA) is 95.5 Å². The Morgan fingerprint density at radius 1 is 1.12 bits per heavy atom. The molecule has 0 bridgehead atoms. The summed E-state index contributed by atoms with van der Waals surface area (Å²) in [6, 6.07) is -1.87. The van der Waals surface area contributed by atoms with Crippen LogP contribution in [0.4, 0.5) is 0 Å². The number of carboxylic acid groups (broad SMARTS) is 1. The molecule has 0 aromatic heterocycles. The number of carbonyl (C=O) groups excluding carboxylic acids is 2. The standard InChI is InChI=1S/C18H32N2O4Si/c1-12(2)15(19-13(3)21)16(22)20-14(17(23)24)10-9-11-25(7,8)18(4,5)6/h12,14-15H,10H2,1-8H3,(H,19,21)(H,20,22)(H,23,24)/t14-,15-/m1/s1. The van der Waals surface area contributed by atoms with Gasteiger partial charge in [-0.05, 0) is 11.0 Å². The van der Waals surface area contributed by atoms with E-state index in [1.54, 1.807) is 13.8 Å². The largest absolute Gasteiger partial charge is 0.480 e. The molecule has 0 aliphatic heterocycles. The van der Waals surface area contributed by atoms with Crippen LogP contribution in [0, 0.1) is 17.4 Å². The monoisotopic (exact) mass is 368 g/mol. The Kier molecular flexibility index (Phi) is 8.39. The van der Waals surface area contributed by atoms with Gasteiger partial charge in [0.15, 0.2) is 0 Å². The number of rotatable bonds is 6. The Balaban J connectivity index is 5.14. The van der Waals surface area contributed by atoms with Crippen LogP contribution in [0.25, 0.3) is 0 Å². The second kappa shape index (κ2) is 9.04. The van der Waals surface area contributed by atoms with Gasteiger partial charge in [-0.15, -0.1) is 11.5 Å². The van der Waals surface area contributed by atoms with Gasteiger partial charge < -0.3 is 15.7 Å². The van der Waals surface area contributed by atoms with E-state index in [2.05, 4.69) is 56.0 Å². The molecule has 0 fully saturated rings. The van der Waals surface area contributed by atoms with Gasteiger partial charge in [0.25, 0.3) is 0 Å². The van der Waals surface area contributed by atoms with Crippen molar-refractivity contribution >= 4 is 25.9 Å². The normalized spacial score (nSPS) is 14.1. The van der Waals surface area contributed by atoms with Gasteiger partial charge in [0.2, 0.25) is 11.8 Å². The highest BCUT2D eigenvalue weighted by Crippen LogP contribution is 2.35. The lowest BCUT2D eigenvalue weighted by molar-refractivity contribution is -0.142. The zero-order chi connectivity index (χ0) is 20.0. The van der Waals surface area contributed by atoms with Crippen LogP contribution in [0.2, 0.25) is 18.1 Å². The lowest BCUT2D eigenvalue weighted by atomic mass is 10.0. The fourth-order valence-electron chi connectivity index (χ4n) is 1.78. The molecule has 0 aromatic carbocycles. The van der Waals surface area contributed by atoms with Crippen LogP contribution < -0.4 is 10.6 Å². The van der Waals surface area contributed by atoms with E-state index < -0.39 is 32.0 Å². The van der Waals surface area contributed by atoms with Crippen molar-refractivity contribution in [1.82, 2.24) is 10.6 Å². The molecule has 7 heteroatoms. The molecule has 2 amide bonds. The maximum absolute atomic E-state index is 12.3. The van der Waals surface area contributed by atoms with Crippen molar-refractivity contribution in [3.8, 4) is 11.5 Å². The van der Waals surface area contributed by atoms with Gasteiger partial charge in [0.05, 0.1) is 0 Å². The van der Waals surface area contributed by atoms with E-state index in [0.29, 0.717) is 0 Å². The van der Waals surface area contributed by atoms with Gasteiger partial charge in [-0.1, -0.05) is 47.7 Å². The average molecular weight is 369 g/mol. The van der Waals surface area contributed by atoms with Crippen LogP contribution in [0.1, 0.15) is 48.0 Å². The van der Waals surface area contributed by atoms with Crippen LogP contribution >= 0.6 is 0 Å². The summed E-state index contributed by atoms with van der Waals surface area (Å²) in [4.78, 5) is 35.0.